The molecule has 3 rings (SSSR count). The van der Waals surface area contributed by atoms with Crippen molar-refractivity contribution in [1.29, 1.82) is 0 Å². The second kappa shape index (κ2) is 10.4. The maximum atomic E-state index is 12.6. The Balaban J connectivity index is 1.76. The van der Waals surface area contributed by atoms with E-state index in [1.807, 2.05) is 23.6 Å². The summed E-state index contributed by atoms with van der Waals surface area (Å²) in [5.41, 5.74) is 6.75. The van der Waals surface area contributed by atoms with Crippen molar-refractivity contribution in [2.24, 2.45) is 5.73 Å². The van der Waals surface area contributed by atoms with Crippen LogP contribution in [0.5, 0.6) is 0 Å². The van der Waals surface area contributed by atoms with E-state index in [0.717, 1.165) is 16.9 Å². The molecule has 32 heavy (non-hydrogen) atoms. The number of thiophene rings is 1. The Morgan fingerprint density at radius 1 is 1.28 bits per heavy atom. The van der Waals surface area contributed by atoms with E-state index in [1.165, 1.54) is 11.8 Å². The van der Waals surface area contributed by atoms with Gasteiger partial charge in [0.1, 0.15) is 5.00 Å². The molecule has 0 aliphatic rings. The highest BCUT2D eigenvalue weighted by Gasteiger charge is 2.26. The summed E-state index contributed by atoms with van der Waals surface area (Å²) in [6.45, 7) is 6.00. The Bertz CT molecular complexity index is 1140. The van der Waals surface area contributed by atoms with Gasteiger partial charge in [-0.05, 0) is 38.5 Å². The number of amides is 2. The van der Waals surface area contributed by atoms with Crippen LogP contribution in [0.4, 0.5) is 5.00 Å². The standard InChI is InChI=1S/C20H22N6O4S2/c1-4-26-17(12-7-6-8-22-9-12)24-25-20(26)31-10-13(27)23-18-14(19(29)30-5-2)11(3)15(32-18)16(21)28/h6-9H,4-5,10H2,1-3H3,(H2,21,28)(H,23,27). The van der Waals surface area contributed by atoms with Crippen LogP contribution in [0.15, 0.2) is 29.7 Å². The fourth-order valence-corrected chi connectivity index (χ4v) is 4.83. The van der Waals surface area contributed by atoms with E-state index in [9.17, 15) is 14.4 Å². The molecule has 0 atom stereocenters. The van der Waals surface area contributed by atoms with Gasteiger partial charge in [0.2, 0.25) is 5.91 Å². The van der Waals surface area contributed by atoms with Gasteiger partial charge in [-0.1, -0.05) is 11.8 Å². The smallest absolute Gasteiger partial charge is 0.341 e. The maximum Gasteiger partial charge on any atom is 0.341 e. The number of anilines is 1. The molecular formula is C20H22N6O4S2. The number of hydrogen-bond donors (Lipinski definition) is 2. The van der Waals surface area contributed by atoms with Gasteiger partial charge >= 0.3 is 5.97 Å². The minimum Gasteiger partial charge on any atom is -0.462 e. The first-order valence-electron chi connectivity index (χ1n) is 9.73. The lowest BCUT2D eigenvalue weighted by Crippen LogP contribution is -2.17. The molecule has 0 aliphatic carbocycles. The minimum atomic E-state index is -0.674. The van der Waals surface area contributed by atoms with Crippen LogP contribution in [0, 0.1) is 6.92 Å². The first kappa shape index (κ1) is 23.4. The molecule has 3 aromatic rings. The molecule has 0 saturated carbocycles. The molecule has 10 nitrogen and oxygen atoms in total. The second-order valence-electron chi connectivity index (χ2n) is 6.47. The van der Waals surface area contributed by atoms with Gasteiger partial charge in [0, 0.05) is 24.5 Å². The number of nitrogens with two attached hydrogens (primary N) is 1. The van der Waals surface area contributed by atoms with Gasteiger partial charge in [0.25, 0.3) is 5.91 Å². The van der Waals surface area contributed by atoms with Crippen LogP contribution in [0.3, 0.4) is 0 Å². The third-order valence-electron chi connectivity index (χ3n) is 4.39. The van der Waals surface area contributed by atoms with E-state index in [0.29, 0.717) is 23.1 Å². The molecule has 3 aromatic heterocycles. The van der Waals surface area contributed by atoms with E-state index in [-0.39, 0.29) is 33.7 Å². The van der Waals surface area contributed by atoms with Gasteiger partial charge in [-0.3, -0.25) is 14.6 Å². The molecular weight excluding hydrogens is 452 g/mol. The highest BCUT2D eigenvalue weighted by Crippen LogP contribution is 2.34. The fraction of sp³-hybridized carbons (Fsp3) is 0.300. The normalized spacial score (nSPS) is 10.7. The Morgan fingerprint density at radius 3 is 2.69 bits per heavy atom. The summed E-state index contributed by atoms with van der Waals surface area (Å²) in [5.74, 6) is -0.981. The fourth-order valence-electron chi connectivity index (χ4n) is 2.97. The highest BCUT2D eigenvalue weighted by atomic mass is 32.2. The molecule has 0 spiro atoms. The number of rotatable bonds is 9. The van der Waals surface area contributed by atoms with Crippen molar-refractivity contribution in [3.8, 4) is 11.4 Å². The summed E-state index contributed by atoms with van der Waals surface area (Å²) in [6, 6.07) is 3.70. The predicted octanol–water partition coefficient (Wildman–Crippen LogP) is 2.74. The summed E-state index contributed by atoms with van der Waals surface area (Å²) in [5, 5.41) is 11.9. The van der Waals surface area contributed by atoms with Gasteiger partial charge < -0.3 is 20.4 Å². The lowest BCUT2D eigenvalue weighted by molar-refractivity contribution is -0.113. The molecule has 12 heteroatoms. The van der Waals surface area contributed by atoms with Gasteiger partial charge in [-0.15, -0.1) is 21.5 Å². The number of carbonyl (C=O) groups is 3. The van der Waals surface area contributed by atoms with Crippen LogP contribution in [-0.4, -0.2) is 49.9 Å². The van der Waals surface area contributed by atoms with Gasteiger partial charge in [0.15, 0.2) is 11.0 Å². The first-order valence-corrected chi connectivity index (χ1v) is 11.5. The van der Waals surface area contributed by atoms with E-state index >= 15 is 0 Å². The number of esters is 1. The summed E-state index contributed by atoms with van der Waals surface area (Å²) >= 11 is 2.16. The zero-order valence-electron chi connectivity index (χ0n) is 17.7. The number of nitrogens with one attached hydrogen (secondary N) is 1. The molecule has 0 radical (unpaired) electrons. The second-order valence-corrected chi connectivity index (χ2v) is 8.44. The van der Waals surface area contributed by atoms with Gasteiger partial charge in [0.05, 0.1) is 22.8 Å². The molecule has 2 amide bonds. The van der Waals surface area contributed by atoms with Crippen LogP contribution in [-0.2, 0) is 16.1 Å². The number of nitrogens with zero attached hydrogens (tertiary/aromatic N) is 4. The molecule has 0 fully saturated rings. The first-order chi connectivity index (χ1) is 15.4. The van der Waals surface area contributed by atoms with Crippen molar-refractivity contribution in [3.63, 3.8) is 0 Å². The number of ether oxygens (including phenoxy) is 1. The van der Waals surface area contributed by atoms with Crippen LogP contribution < -0.4 is 11.1 Å². The molecule has 0 saturated heterocycles. The summed E-state index contributed by atoms with van der Waals surface area (Å²) in [4.78, 5) is 41.0. The largest absolute Gasteiger partial charge is 0.462 e. The number of hydrogen-bond acceptors (Lipinski definition) is 9. The van der Waals surface area contributed by atoms with Crippen molar-refractivity contribution in [3.05, 3.63) is 40.5 Å². The Labute approximate surface area is 192 Å². The van der Waals surface area contributed by atoms with E-state index < -0.39 is 11.9 Å². The Kier molecular flexibility index (Phi) is 7.59. The average Bonchev–Trinajstić information content (AvgIpc) is 3.33. The number of primary amides is 1. The zero-order valence-corrected chi connectivity index (χ0v) is 19.4. The van der Waals surface area contributed by atoms with Crippen LogP contribution in [0.25, 0.3) is 11.4 Å². The van der Waals surface area contributed by atoms with Crippen molar-refractivity contribution >= 4 is 45.9 Å². The van der Waals surface area contributed by atoms with Gasteiger partial charge in [-0.2, -0.15) is 0 Å². The lowest BCUT2D eigenvalue weighted by Gasteiger charge is -2.08. The Morgan fingerprint density at radius 2 is 2.06 bits per heavy atom. The van der Waals surface area contributed by atoms with Gasteiger partial charge in [-0.25, -0.2) is 4.79 Å². The van der Waals surface area contributed by atoms with Crippen molar-refractivity contribution < 1.29 is 19.1 Å². The maximum absolute atomic E-state index is 12.6. The molecule has 0 bridgehead atoms. The quantitative estimate of drug-likeness (QED) is 0.356. The molecule has 0 aliphatic heterocycles. The number of thioether (sulfide) groups is 1. The van der Waals surface area contributed by atoms with Crippen molar-refractivity contribution in [2.45, 2.75) is 32.5 Å². The van der Waals surface area contributed by atoms with Crippen LogP contribution in [0.1, 0.15) is 39.4 Å². The van der Waals surface area contributed by atoms with E-state index in [2.05, 4.69) is 20.5 Å². The third kappa shape index (κ3) is 4.97. The number of carbonyl (C=O) groups excluding carboxylic acids is 3. The van der Waals surface area contributed by atoms with E-state index in [4.69, 9.17) is 10.5 Å². The molecule has 3 N–H and O–H groups in total. The van der Waals surface area contributed by atoms with Crippen LogP contribution in [0.2, 0.25) is 0 Å². The predicted molar refractivity (Wildman–Crippen MR) is 122 cm³/mol. The summed E-state index contributed by atoms with van der Waals surface area (Å²) in [6.07, 6.45) is 3.38. The number of pyridine rings is 1. The summed E-state index contributed by atoms with van der Waals surface area (Å²) in [7, 11) is 0. The van der Waals surface area contributed by atoms with E-state index in [1.54, 1.807) is 26.2 Å². The zero-order chi connectivity index (χ0) is 23.3. The summed E-state index contributed by atoms with van der Waals surface area (Å²) < 4.78 is 6.95. The molecule has 0 aromatic carbocycles. The highest BCUT2D eigenvalue weighted by molar-refractivity contribution is 7.99. The molecule has 168 valence electrons. The van der Waals surface area contributed by atoms with Crippen molar-refractivity contribution in [2.75, 3.05) is 17.7 Å². The topological polar surface area (TPSA) is 142 Å². The van der Waals surface area contributed by atoms with Crippen molar-refractivity contribution in [1.82, 2.24) is 19.7 Å². The third-order valence-corrected chi connectivity index (χ3v) is 6.58. The monoisotopic (exact) mass is 474 g/mol. The van der Waals surface area contributed by atoms with Crippen LogP contribution >= 0.6 is 23.1 Å². The minimum absolute atomic E-state index is 0.0241. The molecule has 0 unspecified atom stereocenters. The SMILES string of the molecule is CCOC(=O)c1c(NC(=O)CSc2nnc(-c3cccnc3)n2CC)sc(C(N)=O)c1C. The number of aromatic nitrogens is 4. The average molecular weight is 475 g/mol. The molecule has 3 heterocycles. The Hall–Kier alpha value is -3.25. The lowest BCUT2D eigenvalue weighted by atomic mass is 10.1.